The second-order valence-corrected chi connectivity index (χ2v) is 8.31. The molecule has 4 nitrogen and oxygen atoms in total. The summed E-state index contributed by atoms with van der Waals surface area (Å²) in [6.07, 6.45) is 0.400. The zero-order valence-electron chi connectivity index (χ0n) is 16.1. The maximum atomic E-state index is 12.9. The molecular weight excluding hydrogens is 417 g/mol. The predicted octanol–water partition coefficient (Wildman–Crippen LogP) is 5.91. The van der Waals surface area contributed by atoms with Crippen LogP contribution in [-0.4, -0.2) is 22.0 Å². The lowest BCUT2D eigenvalue weighted by Crippen LogP contribution is -2.24. The van der Waals surface area contributed by atoms with Crippen LogP contribution in [0.2, 0.25) is 10.0 Å². The van der Waals surface area contributed by atoms with Crippen LogP contribution >= 0.6 is 23.2 Å². The van der Waals surface area contributed by atoms with E-state index in [4.69, 9.17) is 28.2 Å². The van der Waals surface area contributed by atoms with Gasteiger partial charge in [0.15, 0.2) is 0 Å². The minimum Gasteiger partial charge on any atom is -0.323 e. The molecule has 1 atom stereocenters. The van der Waals surface area contributed by atoms with Crippen molar-refractivity contribution in [2.75, 3.05) is 11.4 Å². The fourth-order valence-electron chi connectivity index (χ4n) is 4.15. The molecule has 0 spiro atoms. The highest BCUT2D eigenvalue weighted by molar-refractivity contribution is 6.33. The van der Waals surface area contributed by atoms with Gasteiger partial charge in [-0.3, -0.25) is 4.79 Å². The van der Waals surface area contributed by atoms with Crippen molar-refractivity contribution in [2.45, 2.75) is 18.9 Å². The molecule has 1 amide bonds. The van der Waals surface area contributed by atoms with Gasteiger partial charge in [-0.15, -0.1) is 0 Å². The second-order valence-electron chi connectivity index (χ2n) is 7.49. The first-order valence-electron chi connectivity index (χ1n) is 9.85. The number of benzene rings is 3. The molecule has 0 saturated carbocycles. The number of para-hydroxylation sites is 3. The Morgan fingerprint density at radius 2 is 1.60 bits per heavy atom. The summed E-state index contributed by atoms with van der Waals surface area (Å²) in [5, 5.41) is 1.30. The Morgan fingerprint density at radius 3 is 2.40 bits per heavy atom. The lowest BCUT2D eigenvalue weighted by Gasteiger charge is -2.18. The summed E-state index contributed by atoms with van der Waals surface area (Å²) in [4.78, 5) is 19.5. The van der Waals surface area contributed by atoms with Gasteiger partial charge in [-0.05, 0) is 35.9 Å². The zero-order chi connectivity index (χ0) is 20.7. The summed E-state index contributed by atoms with van der Waals surface area (Å²) in [6, 6.07) is 23.3. The Morgan fingerprint density at radius 1 is 0.900 bits per heavy atom. The van der Waals surface area contributed by atoms with Crippen LogP contribution in [0.5, 0.6) is 0 Å². The van der Waals surface area contributed by atoms with E-state index in [-0.39, 0.29) is 11.8 Å². The number of carbonyl (C=O) groups excluding carboxylic acids is 1. The highest BCUT2D eigenvalue weighted by Crippen LogP contribution is 2.36. The number of rotatable bonds is 4. The Kier molecular flexibility index (Phi) is 4.97. The van der Waals surface area contributed by atoms with Gasteiger partial charge < -0.3 is 9.47 Å². The number of amides is 1. The molecule has 3 aromatic carbocycles. The van der Waals surface area contributed by atoms with Crippen LogP contribution in [0.15, 0.2) is 72.8 Å². The van der Waals surface area contributed by atoms with Gasteiger partial charge in [-0.2, -0.15) is 0 Å². The largest absolute Gasteiger partial charge is 0.323 e. The van der Waals surface area contributed by atoms with E-state index in [1.54, 1.807) is 4.90 Å². The highest BCUT2D eigenvalue weighted by atomic mass is 35.5. The molecule has 0 aliphatic carbocycles. The Hall–Kier alpha value is -2.82. The van der Waals surface area contributed by atoms with Crippen molar-refractivity contribution in [3.63, 3.8) is 0 Å². The van der Waals surface area contributed by atoms with Crippen LogP contribution in [-0.2, 0) is 11.3 Å². The summed E-state index contributed by atoms with van der Waals surface area (Å²) in [7, 11) is 0. The molecule has 0 bridgehead atoms. The molecule has 5 rings (SSSR count). The molecule has 1 saturated heterocycles. The molecule has 1 aliphatic heterocycles. The average Bonchev–Trinajstić information content (AvgIpc) is 3.31. The molecule has 1 aliphatic rings. The van der Waals surface area contributed by atoms with Crippen molar-refractivity contribution in [1.82, 2.24) is 9.55 Å². The molecule has 30 heavy (non-hydrogen) atoms. The Balaban J connectivity index is 1.55. The summed E-state index contributed by atoms with van der Waals surface area (Å²) in [6.45, 7) is 1.15. The number of anilines is 1. The molecule has 1 fully saturated rings. The third-order valence-electron chi connectivity index (χ3n) is 5.60. The van der Waals surface area contributed by atoms with Crippen molar-refractivity contribution < 1.29 is 4.79 Å². The number of halogens is 2. The molecule has 6 heteroatoms. The van der Waals surface area contributed by atoms with Gasteiger partial charge in [-0.1, -0.05) is 65.7 Å². The minimum absolute atomic E-state index is 0.0244. The summed E-state index contributed by atoms with van der Waals surface area (Å²) >= 11 is 12.8. The maximum Gasteiger partial charge on any atom is 0.227 e. The first kappa shape index (κ1) is 19.2. The standard InChI is InChI=1S/C24H19Cl2N3O/c25-18-8-2-1-7-16(18)14-29-22-12-6-4-10-20(22)27-24(29)17-13-23(30)28(15-17)21-11-5-3-9-19(21)26/h1-12,17H,13-15H2. The lowest BCUT2D eigenvalue weighted by atomic mass is 10.1. The summed E-state index contributed by atoms with van der Waals surface area (Å²) < 4.78 is 2.19. The lowest BCUT2D eigenvalue weighted by molar-refractivity contribution is -0.117. The Bertz CT molecular complexity index is 1250. The Labute approximate surface area is 184 Å². The number of imidazole rings is 1. The summed E-state index contributed by atoms with van der Waals surface area (Å²) in [5.74, 6) is 0.937. The van der Waals surface area contributed by atoms with Crippen LogP contribution in [0.25, 0.3) is 11.0 Å². The van der Waals surface area contributed by atoms with Crippen LogP contribution < -0.4 is 4.90 Å². The molecule has 2 heterocycles. The molecule has 0 N–H and O–H groups in total. The van der Waals surface area contributed by atoms with E-state index < -0.39 is 0 Å². The number of hydrogen-bond donors (Lipinski definition) is 0. The number of hydrogen-bond acceptors (Lipinski definition) is 2. The third-order valence-corrected chi connectivity index (χ3v) is 6.29. The predicted molar refractivity (Wildman–Crippen MR) is 121 cm³/mol. The van der Waals surface area contributed by atoms with Crippen LogP contribution in [0.4, 0.5) is 5.69 Å². The van der Waals surface area contributed by atoms with E-state index in [9.17, 15) is 4.79 Å². The molecule has 4 aromatic rings. The van der Waals surface area contributed by atoms with Crippen molar-refractivity contribution >= 4 is 45.8 Å². The van der Waals surface area contributed by atoms with Gasteiger partial charge in [0.1, 0.15) is 5.82 Å². The minimum atomic E-state index is -0.0244. The quantitative estimate of drug-likeness (QED) is 0.399. The summed E-state index contributed by atoms with van der Waals surface area (Å²) in [5.41, 5.74) is 3.73. The van der Waals surface area contributed by atoms with Crippen molar-refractivity contribution in [3.8, 4) is 0 Å². The van der Waals surface area contributed by atoms with E-state index in [1.165, 1.54) is 0 Å². The van der Waals surface area contributed by atoms with Crippen molar-refractivity contribution in [3.05, 3.63) is 94.2 Å². The molecule has 1 unspecified atom stereocenters. The second kappa shape index (κ2) is 7.78. The van der Waals surface area contributed by atoms with Crippen molar-refractivity contribution in [1.29, 1.82) is 0 Å². The van der Waals surface area contributed by atoms with Crippen LogP contribution in [0.1, 0.15) is 23.7 Å². The van der Waals surface area contributed by atoms with E-state index in [0.717, 1.165) is 33.1 Å². The topological polar surface area (TPSA) is 38.1 Å². The maximum absolute atomic E-state index is 12.9. The molecular formula is C24H19Cl2N3O. The van der Waals surface area contributed by atoms with Crippen LogP contribution in [0, 0.1) is 0 Å². The van der Waals surface area contributed by atoms with Crippen molar-refractivity contribution in [2.24, 2.45) is 0 Å². The highest BCUT2D eigenvalue weighted by Gasteiger charge is 2.35. The fraction of sp³-hybridized carbons (Fsp3) is 0.167. The normalized spacial score (nSPS) is 16.5. The zero-order valence-corrected chi connectivity index (χ0v) is 17.6. The third kappa shape index (κ3) is 3.36. The fourth-order valence-corrected chi connectivity index (χ4v) is 4.59. The van der Waals surface area contributed by atoms with E-state index in [1.807, 2.05) is 66.7 Å². The number of nitrogens with zero attached hydrogens (tertiary/aromatic N) is 3. The molecule has 150 valence electrons. The van der Waals surface area contributed by atoms with Gasteiger partial charge in [-0.25, -0.2) is 4.98 Å². The van der Waals surface area contributed by atoms with Gasteiger partial charge in [0.2, 0.25) is 5.91 Å². The average molecular weight is 436 g/mol. The molecule has 0 radical (unpaired) electrons. The first-order chi connectivity index (χ1) is 14.6. The SMILES string of the molecule is O=C1CC(c2nc3ccccc3n2Cc2ccccc2Cl)CN1c1ccccc1Cl. The van der Waals surface area contributed by atoms with Gasteiger partial charge >= 0.3 is 0 Å². The number of carbonyl (C=O) groups is 1. The van der Waals surface area contributed by atoms with Crippen LogP contribution in [0.3, 0.4) is 0 Å². The number of fused-ring (bicyclic) bond motifs is 1. The van der Waals surface area contributed by atoms with Gasteiger partial charge in [0, 0.05) is 23.9 Å². The van der Waals surface area contributed by atoms with E-state index in [0.29, 0.717) is 24.5 Å². The van der Waals surface area contributed by atoms with E-state index in [2.05, 4.69) is 10.6 Å². The molecule has 1 aromatic heterocycles. The van der Waals surface area contributed by atoms with Gasteiger partial charge in [0.05, 0.1) is 28.3 Å². The monoisotopic (exact) mass is 435 g/mol. The van der Waals surface area contributed by atoms with Gasteiger partial charge in [0.25, 0.3) is 0 Å². The number of aromatic nitrogens is 2. The smallest absolute Gasteiger partial charge is 0.227 e. The first-order valence-corrected chi connectivity index (χ1v) is 10.6. The van der Waals surface area contributed by atoms with E-state index >= 15 is 0 Å².